The van der Waals surface area contributed by atoms with Crippen molar-refractivity contribution >= 4 is 11.6 Å². The van der Waals surface area contributed by atoms with Gasteiger partial charge in [0.1, 0.15) is 0 Å². The van der Waals surface area contributed by atoms with E-state index >= 15 is 0 Å². The van der Waals surface area contributed by atoms with Crippen LogP contribution in [0.2, 0.25) is 0 Å². The van der Waals surface area contributed by atoms with E-state index in [1.807, 2.05) is 13.8 Å². The summed E-state index contributed by atoms with van der Waals surface area (Å²) < 4.78 is 5.17. The highest BCUT2D eigenvalue weighted by Gasteiger charge is 2.06. The fourth-order valence-electron chi connectivity index (χ4n) is 0.513. The van der Waals surface area contributed by atoms with Gasteiger partial charge in [-0.05, 0) is 13.8 Å². The zero-order valence-electron chi connectivity index (χ0n) is 5.80. The smallest absolute Gasteiger partial charge is 0.0944 e. The summed E-state index contributed by atoms with van der Waals surface area (Å²) in [6, 6.07) is 0. The van der Waals surface area contributed by atoms with Crippen molar-refractivity contribution in [2.24, 2.45) is 0 Å². The Balaban J connectivity index is 3.31. The number of aliphatic hydroxyl groups is 1. The molecule has 0 saturated carbocycles. The molecule has 1 N–H and O–H groups in total. The van der Waals surface area contributed by atoms with E-state index in [1.165, 1.54) is 0 Å². The molecule has 0 amide bonds. The molecular formula is C6H13ClO2. The number of hydrogen-bond acceptors (Lipinski definition) is 2. The third-order valence-corrected chi connectivity index (χ3v) is 1.18. The maximum absolute atomic E-state index is 8.57. The topological polar surface area (TPSA) is 29.5 Å². The highest BCUT2D eigenvalue weighted by atomic mass is 35.5. The van der Waals surface area contributed by atoms with E-state index in [2.05, 4.69) is 0 Å². The van der Waals surface area contributed by atoms with E-state index in [0.29, 0.717) is 5.88 Å². The number of ether oxygens (including phenoxy) is 1. The van der Waals surface area contributed by atoms with Crippen molar-refractivity contribution in [2.45, 2.75) is 26.1 Å². The Labute approximate surface area is 60.8 Å². The van der Waals surface area contributed by atoms with E-state index in [9.17, 15) is 0 Å². The normalized spacial score (nSPS) is 14.3. The molecule has 0 heterocycles. The SMILES string of the molecule is CC(C)OC(CO)CCl. The van der Waals surface area contributed by atoms with Gasteiger partial charge in [0.2, 0.25) is 0 Å². The van der Waals surface area contributed by atoms with Crippen LogP contribution in [0, 0.1) is 0 Å². The lowest BCUT2D eigenvalue weighted by atomic mass is 10.4. The summed E-state index contributed by atoms with van der Waals surface area (Å²) >= 11 is 5.43. The van der Waals surface area contributed by atoms with Gasteiger partial charge in [0, 0.05) is 0 Å². The third-order valence-electron chi connectivity index (χ3n) is 0.840. The maximum atomic E-state index is 8.57. The fraction of sp³-hybridized carbons (Fsp3) is 1.00. The van der Waals surface area contributed by atoms with Crippen molar-refractivity contribution in [2.75, 3.05) is 12.5 Å². The number of alkyl halides is 1. The lowest BCUT2D eigenvalue weighted by Crippen LogP contribution is -2.23. The van der Waals surface area contributed by atoms with Crippen LogP contribution >= 0.6 is 11.6 Å². The molecule has 0 bridgehead atoms. The Morgan fingerprint density at radius 3 is 2.22 bits per heavy atom. The minimum atomic E-state index is -0.202. The standard InChI is InChI=1S/C6H13ClO2/c1-5(2)9-6(3-7)4-8/h5-6,8H,3-4H2,1-2H3. The third kappa shape index (κ3) is 4.70. The van der Waals surface area contributed by atoms with Gasteiger partial charge in [-0.25, -0.2) is 0 Å². The molecule has 9 heavy (non-hydrogen) atoms. The molecule has 0 aromatic heterocycles. The van der Waals surface area contributed by atoms with Crippen LogP contribution in [-0.4, -0.2) is 29.8 Å². The van der Waals surface area contributed by atoms with Gasteiger partial charge in [0.25, 0.3) is 0 Å². The monoisotopic (exact) mass is 152 g/mol. The molecule has 56 valence electrons. The molecule has 1 atom stereocenters. The molecule has 0 aromatic carbocycles. The van der Waals surface area contributed by atoms with Crippen LogP contribution in [0.3, 0.4) is 0 Å². The average molecular weight is 153 g/mol. The predicted octanol–water partition coefficient (Wildman–Crippen LogP) is 1.01. The second-order valence-electron chi connectivity index (χ2n) is 2.14. The number of hydrogen-bond donors (Lipinski definition) is 1. The molecule has 0 radical (unpaired) electrons. The molecule has 1 unspecified atom stereocenters. The molecule has 0 aliphatic heterocycles. The Kier molecular flexibility index (Phi) is 5.15. The van der Waals surface area contributed by atoms with Gasteiger partial charge in [-0.3, -0.25) is 0 Å². The molecular weight excluding hydrogens is 140 g/mol. The minimum Gasteiger partial charge on any atom is -0.394 e. The second-order valence-corrected chi connectivity index (χ2v) is 2.45. The van der Waals surface area contributed by atoms with Gasteiger partial charge in [0.05, 0.1) is 24.7 Å². The molecule has 2 nitrogen and oxygen atoms in total. The predicted molar refractivity (Wildman–Crippen MR) is 37.8 cm³/mol. The molecule has 0 rings (SSSR count). The maximum Gasteiger partial charge on any atom is 0.0944 e. The van der Waals surface area contributed by atoms with E-state index in [-0.39, 0.29) is 18.8 Å². The summed E-state index contributed by atoms with van der Waals surface area (Å²) in [5, 5.41) is 8.57. The van der Waals surface area contributed by atoms with Gasteiger partial charge < -0.3 is 9.84 Å². The Hall–Kier alpha value is 0.210. The summed E-state index contributed by atoms with van der Waals surface area (Å²) in [5.74, 6) is 0.356. The van der Waals surface area contributed by atoms with Crippen LogP contribution in [-0.2, 0) is 4.74 Å². The van der Waals surface area contributed by atoms with Gasteiger partial charge in [0.15, 0.2) is 0 Å². The van der Waals surface area contributed by atoms with E-state index in [0.717, 1.165) is 0 Å². The number of aliphatic hydroxyl groups excluding tert-OH is 1. The summed E-state index contributed by atoms with van der Waals surface area (Å²) in [6.07, 6.45) is -0.0624. The molecule has 0 fully saturated rings. The molecule has 0 aliphatic rings. The van der Waals surface area contributed by atoms with Crippen molar-refractivity contribution in [3.8, 4) is 0 Å². The molecule has 0 saturated heterocycles. The van der Waals surface area contributed by atoms with E-state index < -0.39 is 0 Å². The Morgan fingerprint density at radius 1 is 1.56 bits per heavy atom. The van der Waals surface area contributed by atoms with Crippen molar-refractivity contribution in [3.63, 3.8) is 0 Å². The first-order valence-corrected chi connectivity index (χ1v) is 3.56. The van der Waals surface area contributed by atoms with Gasteiger partial charge in [-0.2, -0.15) is 0 Å². The van der Waals surface area contributed by atoms with Crippen LogP contribution in [0.4, 0.5) is 0 Å². The zero-order valence-corrected chi connectivity index (χ0v) is 6.56. The summed E-state index contributed by atoms with van der Waals surface area (Å²) in [7, 11) is 0. The summed E-state index contributed by atoms with van der Waals surface area (Å²) in [4.78, 5) is 0. The summed E-state index contributed by atoms with van der Waals surface area (Å²) in [5.41, 5.74) is 0. The number of rotatable bonds is 4. The lowest BCUT2D eigenvalue weighted by molar-refractivity contribution is -0.0101. The van der Waals surface area contributed by atoms with Crippen molar-refractivity contribution < 1.29 is 9.84 Å². The number of halogens is 1. The van der Waals surface area contributed by atoms with E-state index in [4.69, 9.17) is 21.4 Å². The van der Waals surface area contributed by atoms with Gasteiger partial charge in [-0.15, -0.1) is 11.6 Å². The molecule has 0 aromatic rings. The van der Waals surface area contributed by atoms with Crippen molar-refractivity contribution in [3.05, 3.63) is 0 Å². The first-order valence-electron chi connectivity index (χ1n) is 3.03. The minimum absolute atomic E-state index is 0.00167. The highest BCUT2D eigenvalue weighted by Crippen LogP contribution is 1.98. The van der Waals surface area contributed by atoms with Crippen LogP contribution < -0.4 is 0 Å². The molecule has 0 aliphatic carbocycles. The first kappa shape index (κ1) is 9.21. The van der Waals surface area contributed by atoms with Crippen molar-refractivity contribution in [1.82, 2.24) is 0 Å². The summed E-state index contributed by atoms with van der Waals surface area (Å²) in [6.45, 7) is 3.83. The van der Waals surface area contributed by atoms with Gasteiger partial charge >= 0.3 is 0 Å². The van der Waals surface area contributed by atoms with Crippen LogP contribution in [0.5, 0.6) is 0 Å². The Morgan fingerprint density at radius 2 is 2.11 bits per heavy atom. The quantitative estimate of drug-likeness (QED) is 0.610. The zero-order chi connectivity index (χ0) is 7.28. The van der Waals surface area contributed by atoms with Crippen LogP contribution in [0.1, 0.15) is 13.8 Å². The molecule has 0 spiro atoms. The molecule has 3 heteroatoms. The van der Waals surface area contributed by atoms with Crippen LogP contribution in [0.25, 0.3) is 0 Å². The lowest BCUT2D eigenvalue weighted by Gasteiger charge is -2.14. The van der Waals surface area contributed by atoms with Gasteiger partial charge in [-0.1, -0.05) is 0 Å². The average Bonchev–Trinajstić information content (AvgIpc) is 1.82. The largest absolute Gasteiger partial charge is 0.394 e. The van der Waals surface area contributed by atoms with Crippen LogP contribution in [0.15, 0.2) is 0 Å². The highest BCUT2D eigenvalue weighted by molar-refractivity contribution is 6.18. The second kappa shape index (κ2) is 5.03. The van der Waals surface area contributed by atoms with Crippen molar-refractivity contribution in [1.29, 1.82) is 0 Å². The Bertz CT molecular complexity index is 62.1. The first-order chi connectivity index (χ1) is 4.20. The fourth-order valence-corrected chi connectivity index (χ4v) is 0.683. The van der Waals surface area contributed by atoms with E-state index in [1.54, 1.807) is 0 Å².